The summed E-state index contributed by atoms with van der Waals surface area (Å²) >= 11 is 0. The smallest absolute Gasteiger partial charge is 0.348 e. The molecule has 34 heavy (non-hydrogen) atoms. The normalized spacial score (nSPS) is 18.1. The third kappa shape index (κ3) is 4.02. The zero-order chi connectivity index (χ0) is 24.8. The van der Waals surface area contributed by atoms with Crippen LogP contribution in [0.1, 0.15) is 55.0 Å². The molecule has 176 valence electrons. The molecule has 5 amide bonds. The second kappa shape index (κ2) is 8.36. The molecule has 2 aliphatic rings. The average Bonchev–Trinajstić information content (AvgIpc) is 3.02. The predicted octanol–water partition coefficient (Wildman–Crippen LogP) is 2.18. The molecule has 12 heteroatoms. The van der Waals surface area contributed by atoms with Crippen molar-refractivity contribution in [1.29, 1.82) is 0 Å². The molecule has 1 unspecified atom stereocenters. The maximum Gasteiger partial charge on any atom is 0.419 e. The van der Waals surface area contributed by atoms with E-state index in [1.807, 2.05) is 0 Å². The van der Waals surface area contributed by atoms with E-state index in [9.17, 15) is 41.5 Å². The van der Waals surface area contributed by atoms with E-state index in [0.717, 1.165) is 11.0 Å². The molecule has 0 saturated carbocycles. The van der Waals surface area contributed by atoms with Crippen LogP contribution in [0.4, 0.5) is 17.6 Å². The number of carbonyl (C=O) groups is 5. The maximum absolute atomic E-state index is 13.5. The van der Waals surface area contributed by atoms with Crippen molar-refractivity contribution in [1.82, 2.24) is 15.5 Å². The van der Waals surface area contributed by atoms with Crippen molar-refractivity contribution in [2.75, 3.05) is 0 Å². The van der Waals surface area contributed by atoms with Gasteiger partial charge in [-0.25, -0.2) is 4.39 Å². The first-order valence-corrected chi connectivity index (χ1v) is 9.97. The quantitative estimate of drug-likeness (QED) is 0.518. The van der Waals surface area contributed by atoms with Gasteiger partial charge < -0.3 is 5.32 Å². The first-order valence-electron chi connectivity index (χ1n) is 9.97. The summed E-state index contributed by atoms with van der Waals surface area (Å²) < 4.78 is 52.2. The molecule has 0 aliphatic carbocycles. The lowest BCUT2D eigenvalue weighted by Gasteiger charge is -2.27. The lowest BCUT2D eigenvalue weighted by atomic mass is 10.0. The molecular formula is C22H15F4N3O5. The van der Waals surface area contributed by atoms with Gasteiger partial charge in [0, 0.05) is 18.5 Å². The summed E-state index contributed by atoms with van der Waals surface area (Å²) in [7, 11) is 0. The minimum absolute atomic E-state index is 0.0115. The largest absolute Gasteiger partial charge is 0.419 e. The molecule has 8 nitrogen and oxygen atoms in total. The van der Waals surface area contributed by atoms with Crippen molar-refractivity contribution in [3.05, 3.63) is 70.0 Å². The molecule has 0 aromatic heterocycles. The Bertz CT molecular complexity index is 1260. The summed E-state index contributed by atoms with van der Waals surface area (Å²) in [4.78, 5) is 62.5. The number of rotatable bonds is 4. The summed E-state index contributed by atoms with van der Waals surface area (Å²) in [6.07, 6.45) is -5.08. The van der Waals surface area contributed by atoms with Crippen molar-refractivity contribution in [2.24, 2.45) is 0 Å². The second-order valence-corrected chi connectivity index (χ2v) is 7.66. The standard InChI is InChI=1S/C22H15F4N3O5/c23-14-5-4-10(8-13(14)22(24,25)26)18(31)27-9-11-2-1-3-12-17(11)21(34)29(20(12)33)15-6-7-16(30)28-19(15)32/h1-5,8,15H,6-7,9H2,(H,27,31)(H,28,30,32). The number of imide groups is 2. The highest BCUT2D eigenvalue weighted by Crippen LogP contribution is 2.32. The van der Waals surface area contributed by atoms with Crippen LogP contribution in [0.2, 0.25) is 0 Å². The Morgan fingerprint density at radius 1 is 1.09 bits per heavy atom. The fourth-order valence-electron chi connectivity index (χ4n) is 3.89. The lowest BCUT2D eigenvalue weighted by molar-refractivity contribution is -0.140. The number of piperidine rings is 1. The van der Waals surface area contributed by atoms with Crippen LogP contribution >= 0.6 is 0 Å². The van der Waals surface area contributed by atoms with E-state index in [1.54, 1.807) is 0 Å². The summed E-state index contributed by atoms with van der Waals surface area (Å²) in [6, 6.07) is 4.85. The van der Waals surface area contributed by atoms with Gasteiger partial charge in [-0.05, 0) is 36.2 Å². The van der Waals surface area contributed by atoms with Crippen molar-refractivity contribution >= 4 is 29.5 Å². The number of benzene rings is 2. The summed E-state index contributed by atoms with van der Waals surface area (Å²) in [5.41, 5.74) is -1.93. The van der Waals surface area contributed by atoms with Crippen molar-refractivity contribution in [2.45, 2.75) is 31.6 Å². The first kappa shape index (κ1) is 23.1. The third-order valence-electron chi connectivity index (χ3n) is 5.53. The van der Waals surface area contributed by atoms with Gasteiger partial charge in [-0.1, -0.05) is 12.1 Å². The van der Waals surface area contributed by atoms with E-state index in [1.165, 1.54) is 18.2 Å². The Morgan fingerprint density at radius 2 is 1.82 bits per heavy atom. The monoisotopic (exact) mass is 477 g/mol. The van der Waals surface area contributed by atoms with Crippen LogP contribution < -0.4 is 10.6 Å². The molecule has 1 fully saturated rings. The van der Waals surface area contributed by atoms with E-state index in [4.69, 9.17) is 0 Å². The van der Waals surface area contributed by atoms with E-state index >= 15 is 0 Å². The number of nitrogens with one attached hydrogen (secondary N) is 2. The average molecular weight is 477 g/mol. The van der Waals surface area contributed by atoms with Crippen molar-refractivity contribution in [3.63, 3.8) is 0 Å². The number of halogens is 4. The SMILES string of the molecule is O=C1CCC(N2C(=O)c3cccc(CNC(=O)c4ccc(F)c(C(F)(F)F)c4)c3C2=O)C(=O)N1. The molecule has 0 spiro atoms. The molecule has 2 aliphatic heterocycles. The molecule has 0 bridgehead atoms. The van der Waals surface area contributed by atoms with Gasteiger partial charge in [-0.3, -0.25) is 34.2 Å². The predicted molar refractivity (Wildman–Crippen MR) is 106 cm³/mol. The van der Waals surface area contributed by atoms with Gasteiger partial charge in [0.15, 0.2) is 0 Å². The van der Waals surface area contributed by atoms with Gasteiger partial charge in [0.05, 0.1) is 16.7 Å². The van der Waals surface area contributed by atoms with Crippen molar-refractivity contribution < 1.29 is 41.5 Å². The third-order valence-corrected chi connectivity index (χ3v) is 5.53. The Labute approximate surface area is 188 Å². The second-order valence-electron chi connectivity index (χ2n) is 7.66. The number of fused-ring (bicyclic) bond motifs is 1. The summed E-state index contributed by atoms with van der Waals surface area (Å²) in [5.74, 6) is -5.31. The van der Waals surface area contributed by atoms with Crippen LogP contribution in [-0.2, 0) is 22.3 Å². The van der Waals surface area contributed by atoms with E-state index in [2.05, 4.69) is 10.6 Å². The van der Waals surface area contributed by atoms with E-state index in [0.29, 0.717) is 12.1 Å². The zero-order valence-electron chi connectivity index (χ0n) is 17.2. The van der Waals surface area contributed by atoms with Crippen LogP contribution in [0, 0.1) is 5.82 Å². The fourth-order valence-corrected chi connectivity index (χ4v) is 3.89. The Kier molecular flexibility index (Phi) is 5.67. The highest BCUT2D eigenvalue weighted by Gasteiger charge is 2.45. The summed E-state index contributed by atoms with van der Waals surface area (Å²) in [6.45, 7) is -0.330. The minimum Gasteiger partial charge on any atom is -0.348 e. The molecular weight excluding hydrogens is 462 g/mol. The van der Waals surface area contributed by atoms with Gasteiger partial charge in [0.25, 0.3) is 17.7 Å². The number of amides is 5. The lowest BCUT2D eigenvalue weighted by Crippen LogP contribution is -2.54. The maximum atomic E-state index is 13.5. The highest BCUT2D eigenvalue weighted by atomic mass is 19.4. The molecule has 1 saturated heterocycles. The van der Waals surface area contributed by atoms with Crippen molar-refractivity contribution in [3.8, 4) is 0 Å². The van der Waals surface area contributed by atoms with Gasteiger partial charge in [0.2, 0.25) is 11.8 Å². The van der Waals surface area contributed by atoms with Crippen LogP contribution in [0.5, 0.6) is 0 Å². The minimum atomic E-state index is -4.99. The Balaban J connectivity index is 1.55. The van der Waals surface area contributed by atoms with E-state index in [-0.39, 0.29) is 36.1 Å². The van der Waals surface area contributed by atoms with Gasteiger partial charge in [-0.15, -0.1) is 0 Å². The van der Waals surface area contributed by atoms with Gasteiger partial charge in [-0.2, -0.15) is 13.2 Å². The Hall–Kier alpha value is -4.09. The number of hydrogen-bond acceptors (Lipinski definition) is 5. The van der Waals surface area contributed by atoms with Crippen LogP contribution in [-0.4, -0.2) is 40.5 Å². The molecule has 2 aromatic carbocycles. The fraction of sp³-hybridized carbons (Fsp3) is 0.227. The number of nitrogens with zero attached hydrogens (tertiary/aromatic N) is 1. The topological polar surface area (TPSA) is 113 Å². The highest BCUT2D eigenvalue weighted by molar-refractivity contribution is 6.24. The number of hydrogen-bond donors (Lipinski definition) is 2. The molecule has 2 N–H and O–H groups in total. The Morgan fingerprint density at radius 3 is 2.50 bits per heavy atom. The molecule has 0 radical (unpaired) electrons. The summed E-state index contributed by atoms with van der Waals surface area (Å²) in [5, 5.41) is 4.43. The number of carbonyl (C=O) groups excluding carboxylic acids is 5. The molecule has 1 atom stereocenters. The van der Waals surface area contributed by atoms with Gasteiger partial charge in [0.1, 0.15) is 11.9 Å². The molecule has 2 heterocycles. The van der Waals surface area contributed by atoms with Crippen LogP contribution in [0.15, 0.2) is 36.4 Å². The van der Waals surface area contributed by atoms with Crippen LogP contribution in [0.3, 0.4) is 0 Å². The van der Waals surface area contributed by atoms with Crippen LogP contribution in [0.25, 0.3) is 0 Å². The van der Waals surface area contributed by atoms with Gasteiger partial charge >= 0.3 is 6.18 Å². The first-order chi connectivity index (χ1) is 16.0. The van der Waals surface area contributed by atoms with E-state index < -0.39 is 58.7 Å². The number of alkyl halides is 3. The zero-order valence-corrected chi connectivity index (χ0v) is 17.2. The molecule has 4 rings (SSSR count). The molecule has 2 aromatic rings.